The molecule has 2 aliphatic rings. The van der Waals surface area contributed by atoms with E-state index in [4.69, 9.17) is 4.74 Å². The lowest BCUT2D eigenvalue weighted by atomic mass is 9.80. The Morgan fingerprint density at radius 3 is 2.81 bits per heavy atom. The zero-order chi connectivity index (χ0) is 14.8. The van der Waals surface area contributed by atoms with Crippen LogP contribution in [0.1, 0.15) is 50.6 Å². The van der Waals surface area contributed by atoms with E-state index >= 15 is 0 Å². The van der Waals surface area contributed by atoms with Gasteiger partial charge in [-0.1, -0.05) is 29.3 Å². The Kier molecular flexibility index (Phi) is 4.90. The summed E-state index contributed by atoms with van der Waals surface area (Å²) in [7, 11) is 1.78. The third kappa shape index (κ3) is 3.14. The number of hydrogen-bond donors (Lipinski definition) is 1. The fraction of sp³-hybridized carbons (Fsp3) is 0.667. The molecule has 2 nitrogen and oxygen atoms in total. The number of nitrogens with one attached hydrogen (secondary N) is 1. The van der Waals surface area contributed by atoms with Crippen molar-refractivity contribution >= 4 is 15.9 Å². The van der Waals surface area contributed by atoms with Gasteiger partial charge in [-0.2, -0.15) is 0 Å². The van der Waals surface area contributed by atoms with E-state index in [1.165, 1.54) is 37.7 Å². The van der Waals surface area contributed by atoms with Crippen LogP contribution < -0.4 is 10.1 Å². The number of halogens is 1. The summed E-state index contributed by atoms with van der Waals surface area (Å²) in [5.74, 6) is 3.69. The second-order valence-electron chi connectivity index (χ2n) is 6.66. The van der Waals surface area contributed by atoms with E-state index in [-0.39, 0.29) is 0 Å². The van der Waals surface area contributed by atoms with Crippen LogP contribution in [0.25, 0.3) is 0 Å². The van der Waals surface area contributed by atoms with E-state index in [2.05, 4.69) is 46.4 Å². The SMILES string of the molecule is CCCNC(c1cc(Br)ccc1OC)C1CC2CCC1C2. The van der Waals surface area contributed by atoms with Gasteiger partial charge in [-0.05, 0) is 68.2 Å². The molecule has 116 valence electrons. The van der Waals surface area contributed by atoms with E-state index in [0.29, 0.717) is 6.04 Å². The van der Waals surface area contributed by atoms with Crippen molar-refractivity contribution in [2.45, 2.75) is 45.1 Å². The summed E-state index contributed by atoms with van der Waals surface area (Å²) in [6.45, 7) is 3.32. The highest BCUT2D eigenvalue weighted by Crippen LogP contribution is 2.53. The monoisotopic (exact) mass is 351 g/mol. The average Bonchev–Trinajstić information content (AvgIpc) is 3.11. The summed E-state index contributed by atoms with van der Waals surface area (Å²) in [4.78, 5) is 0. The minimum absolute atomic E-state index is 0.438. The number of fused-ring (bicyclic) bond motifs is 2. The van der Waals surface area contributed by atoms with E-state index in [1.807, 2.05) is 0 Å². The summed E-state index contributed by atoms with van der Waals surface area (Å²) in [5, 5.41) is 3.81. The molecule has 1 aromatic rings. The van der Waals surface area contributed by atoms with E-state index in [1.54, 1.807) is 7.11 Å². The Balaban J connectivity index is 1.90. The van der Waals surface area contributed by atoms with E-state index in [9.17, 15) is 0 Å². The van der Waals surface area contributed by atoms with Crippen LogP contribution >= 0.6 is 15.9 Å². The van der Waals surface area contributed by atoms with Gasteiger partial charge in [0.2, 0.25) is 0 Å². The number of rotatable bonds is 6. The normalized spacial score (nSPS) is 28.8. The fourth-order valence-corrected chi connectivity index (χ4v) is 4.82. The van der Waals surface area contributed by atoms with E-state index in [0.717, 1.165) is 34.5 Å². The van der Waals surface area contributed by atoms with Crippen LogP contribution in [-0.2, 0) is 0 Å². The lowest BCUT2D eigenvalue weighted by Gasteiger charge is -2.32. The van der Waals surface area contributed by atoms with Gasteiger partial charge in [-0.15, -0.1) is 0 Å². The van der Waals surface area contributed by atoms with Crippen LogP contribution in [0.4, 0.5) is 0 Å². The van der Waals surface area contributed by atoms with Crippen molar-refractivity contribution in [2.24, 2.45) is 17.8 Å². The van der Waals surface area contributed by atoms with Crippen LogP contribution in [-0.4, -0.2) is 13.7 Å². The second kappa shape index (κ2) is 6.70. The van der Waals surface area contributed by atoms with Crippen LogP contribution in [0.3, 0.4) is 0 Å². The first kappa shape index (κ1) is 15.4. The van der Waals surface area contributed by atoms with Crippen LogP contribution in [0.5, 0.6) is 5.75 Å². The van der Waals surface area contributed by atoms with Gasteiger partial charge < -0.3 is 10.1 Å². The highest BCUT2D eigenvalue weighted by molar-refractivity contribution is 9.10. The molecule has 1 aromatic carbocycles. The molecule has 4 atom stereocenters. The highest BCUT2D eigenvalue weighted by Gasteiger charge is 2.43. The van der Waals surface area contributed by atoms with Crippen molar-refractivity contribution in [1.82, 2.24) is 5.32 Å². The smallest absolute Gasteiger partial charge is 0.123 e. The van der Waals surface area contributed by atoms with Gasteiger partial charge in [-0.25, -0.2) is 0 Å². The van der Waals surface area contributed by atoms with Crippen molar-refractivity contribution in [3.05, 3.63) is 28.2 Å². The van der Waals surface area contributed by atoms with Crippen LogP contribution in [0.15, 0.2) is 22.7 Å². The van der Waals surface area contributed by atoms with Gasteiger partial charge in [-0.3, -0.25) is 0 Å². The van der Waals surface area contributed by atoms with Crippen LogP contribution in [0.2, 0.25) is 0 Å². The zero-order valence-electron chi connectivity index (χ0n) is 13.1. The third-order valence-corrected chi connectivity index (χ3v) is 5.86. The molecular formula is C18H26BrNO. The van der Waals surface area contributed by atoms with Gasteiger partial charge in [0.1, 0.15) is 5.75 Å². The lowest BCUT2D eigenvalue weighted by Crippen LogP contribution is -2.32. The van der Waals surface area contributed by atoms with Crippen molar-refractivity contribution in [2.75, 3.05) is 13.7 Å². The molecule has 1 N–H and O–H groups in total. The van der Waals surface area contributed by atoms with Crippen molar-refractivity contribution in [3.63, 3.8) is 0 Å². The maximum Gasteiger partial charge on any atom is 0.123 e. The number of benzene rings is 1. The third-order valence-electron chi connectivity index (χ3n) is 5.36. The molecule has 4 unspecified atom stereocenters. The molecule has 0 heterocycles. The quantitative estimate of drug-likeness (QED) is 0.783. The molecule has 2 saturated carbocycles. The second-order valence-corrected chi connectivity index (χ2v) is 7.57. The first-order valence-electron chi connectivity index (χ1n) is 8.29. The van der Waals surface area contributed by atoms with Gasteiger partial charge in [0.25, 0.3) is 0 Å². The molecule has 21 heavy (non-hydrogen) atoms. The molecule has 2 bridgehead atoms. The summed E-state index contributed by atoms with van der Waals surface area (Å²) >= 11 is 3.63. The molecule has 0 radical (unpaired) electrons. The molecular weight excluding hydrogens is 326 g/mol. The van der Waals surface area contributed by atoms with Crippen LogP contribution in [0, 0.1) is 17.8 Å². The summed E-state index contributed by atoms with van der Waals surface area (Å²) in [5.41, 5.74) is 1.33. The largest absolute Gasteiger partial charge is 0.496 e. The Morgan fingerprint density at radius 2 is 2.19 bits per heavy atom. The maximum absolute atomic E-state index is 5.64. The summed E-state index contributed by atoms with van der Waals surface area (Å²) < 4.78 is 6.78. The molecule has 3 heteroatoms. The standard InChI is InChI=1S/C18H26BrNO/c1-3-8-20-18(15-10-12-4-5-13(15)9-12)16-11-14(19)6-7-17(16)21-2/h6-7,11-13,15,18,20H,3-5,8-10H2,1-2H3. The predicted molar refractivity (Wildman–Crippen MR) is 90.7 cm³/mol. The van der Waals surface area contributed by atoms with Gasteiger partial charge in [0, 0.05) is 16.1 Å². The minimum Gasteiger partial charge on any atom is -0.496 e. The molecule has 2 aliphatic carbocycles. The first-order valence-corrected chi connectivity index (χ1v) is 9.09. The van der Waals surface area contributed by atoms with Gasteiger partial charge in [0.15, 0.2) is 0 Å². The van der Waals surface area contributed by atoms with Gasteiger partial charge in [0.05, 0.1) is 7.11 Å². The van der Waals surface area contributed by atoms with E-state index < -0.39 is 0 Å². The first-order chi connectivity index (χ1) is 10.2. The van der Waals surface area contributed by atoms with Gasteiger partial charge >= 0.3 is 0 Å². The molecule has 0 aromatic heterocycles. The lowest BCUT2D eigenvalue weighted by molar-refractivity contribution is 0.246. The topological polar surface area (TPSA) is 21.3 Å². The van der Waals surface area contributed by atoms with Crippen molar-refractivity contribution in [1.29, 1.82) is 0 Å². The molecule has 2 fully saturated rings. The summed E-state index contributed by atoms with van der Waals surface area (Å²) in [6, 6.07) is 6.85. The Hall–Kier alpha value is -0.540. The highest BCUT2D eigenvalue weighted by atomic mass is 79.9. The number of hydrogen-bond acceptors (Lipinski definition) is 2. The average molecular weight is 352 g/mol. The molecule has 0 aliphatic heterocycles. The molecule has 0 amide bonds. The Bertz CT molecular complexity index is 490. The number of ether oxygens (including phenoxy) is 1. The molecule has 0 saturated heterocycles. The summed E-state index contributed by atoms with van der Waals surface area (Å²) in [6.07, 6.45) is 6.90. The fourth-order valence-electron chi connectivity index (χ4n) is 4.44. The zero-order valence-corrected chi connectivity index (χ0v) is 14.7. The minimum atomic E-state index is 0.438. The van der Waals surface area contributed by atoms with Crippen molar-refractivity contribution < 1.29 is 4.74 Å². The maximum atomic E-state index is 5.64. The van der Waals surface area contributed by atoms with Crippen molar-refractivity contribution in [3.8, 4) is 5.75 Å². The number of methoxy groups -OCH3 is 1. The molecule has 0 spiro atoms. The predicted octanol–water partition coefficient (Wildman–Crippen LogP) is 4.93. The molecule has 3 rings (SSSR count). The Labute approximate surface area is 136 Å². The Morgan fingerprint density at radius 1 is 1.33 bits per heavy atom.